The first-order valence-electron chi connectivity index (χ1n) is 20.8. The molecule has 3 aliphatic heterocycles. The van der Waals surface area contributed by atoms with E-state index in [2.05, 4.69) is 22.8 Å². The maximum absolute atomic E-state index is 13.8. The van der Waals surface area contributed by atoms with Crippen molar-refractivity contribution < 1.29 is 38.6 Å². The van der Waals surface area contributed by atoms with Crippen LogP contribution in [0.3, 0.4) is 0 Å². The van der Waals surface area contributed by atoms with Gasteiger partial charge < -0.3 is 26.6 Å². The van der Waals surface area contributed by atoms with E-state index in [-0.39, 0.29) is 36.3 Å². The number of imidazole rings is 1. The molecule has 4 heterocycles. The maximum atomic E-state index is 13.8. The predicted molar refractivity (Wildman–Crippen MR) is 227 cm³/mol. The number of carboxylic acid groups (broad SMARTS) is 1. The summed E-state index contributed by atoms with van der Waals surface area (Å²) in [7, 11) is 1.70. The van der Waals surface area contributed by atoms with Crippen molar-refractivity contribution in [2.45, 2.75) is 121 Å². The molecule has 16 nitrogen and oxygen atoms in total. The quantitative estimate of drug-likeness (QED) is 0.0867. The molecule has 4 aromatic rings. The van der Waals surface area contributed by atoms with Gasteiger partial charge in [-0.3, -0.25) is 48.1 Å². The molecule has 7 rings (SSSR count). The lowest BCUT2D eigenvalue weighted by molar-refractivity contribution is -0.136. The Hall–Kier alpha value is -6.13. The minimum atomic E-state index is -0.833. The number of carbonyl (C=O) groups excluding carboxylic acids is 5. The van der Waals surface area contributed by atoms with Crippen LogP contribution in [-0.4, -0.2) is 74.0 Å². The van der Waals surface area contributed by atoms with Gasteiger partial charge in [0.2, 0.25) is 29.5 Å². The third kappa shape index (κ3) is 10.4. The van der Waals surface area contributed by atoms with E-state index < -0.39 is 48.1 Å². The van der Waals surface area contributed by atoms with E-state index in [1.165, 1.54) is 10.1 Å². The topological polar surface area (TPSA) is 238 Å². The number of carboxylic acids is 1. The van der Waals surface area contributed by atoms with Crippen molar-refractivity contribution in [3.05, 3.63) is 99.0 Å². The van der Waals surface area contributed by atoms with Crippen LogP contribution in [-0.2, 0) is 72.8 Å². The first-order valence-corrected chi connectivity index (χ1v) is 20.8. The molecular weight excluding hydrogens is 783 g/mol. The number of nitrogens with two attached hydrogens (primary N) is 2. The SMILES string of the molecule is CC(=O)O.C[C@@H](OCc1ccc(CCCCc2ccc3c(c2)n(C)c(=O)n3C2CCC(=O)NC2=O)cc1)[C@H](CCC(N)=O)NC(=O)[C@@H]1Cc2cccc3c2N1C(=O)[C@@H](N)CC3. The summed E-state index contributed by atoms with van der Waals surface area (Å²) in [5, 5.41) is 12.8. The number of aryl methyl sites for hydroxylation is 4. The molecule has 324 valence electrons. The minimum absolute atomic E-state index is 0.0717. The highest BCUT2D eigenvalue weighted by molar-refractivity contribution is 6.07. The average Bonchev–Trinajstić information content (AvgIpc) is 3.69. The third-order valence-corrected chi connectivity index (χ3v) is 11.7. The Morgan fingerprint density at radius 2 is 1.57 bits per heavy atom. The smallest absolute Gasteiger partial charge is 0.329 e. The van der Waals surface area contributed by atoms with Gasteiger partial charge in [0.15, 0.2) is 0 Å². The number of fused-ring (bicyclic) bond motifs is 1. The second-order valence-electron chi connectivity index (χ2n) is 16.2. The van der Waals surface area contributed by atoms with Gasteiger partial charge in [0.1, 0.15) is 12.1 Å². The number of primary amides is 1. The number of anilines is 1. The summed E-state index contributed by atoms with van der Waals surface area (Å²) < 4.78 is 9.30. The Labute approximate surface area is 353 Å². The fourth-order valence-electron chi connectivity index (χ4n) is 8.46. The van der Waals surface area contributed by atoms with E-state index in [4.69, 9.17) is 26.1 Å². The summed E-state index contributed by atoms with van der Waals surface area (Å²) >= 11 is 0. The van der Waals surface area contributed by atoms with Gasteiger partial charge in [-0.15, -0.1) is 0 Å². The highest BCUT2D eigenvalue weighted by atomic mass is 16.5. The van der Waals surface area contributed by atoms with Crippen LogP contribution in [0.15, 0.2) is 65.5 Å². The molecule has 3 aromatic carbocycles. The molecule has 16 heteroatoms. The first-order chi connectivity index (χ1) is 29.1. The van der Waals surface area contributed by atoms with Gasteiger partial charge in [-0.2, -0.15) is 0 Å². The van der Waals surface area contributed by atoms with Crippen molar-refractivity contribution in [1.29, 1.82) is 0 Å². The number of carbonyl (C=O) groups is 6. The van der Waals surface area contributed by atoms with E-state index in [0.29, 0.717) is 44.2 Å². The minimum Gasteiger partial charge on any atom is -0.481 e. The molecule has 1 unspecified atom stereocenters. The van der Waals surface area contributed by atoms with Crippen LogP contribution >= 0.6 is 0 Å². The molecule has 0 saturated carbocycles. The molecule has 1 saturated heterocycles. The van der Waals surface area contributed by atoms with Crippen molar-refractivity contribution in [3.63, 3.8) is 0 Å². The Kier molecular flexibility index (Phi) is 14.2. The normalized spacial score (nSPS) is 19.3. The lowest BCUT2D eigenvalue weighted by Crippen LogP contribution is -2.55. The number of hydrogen-bond acceptors (Lipinski definition) is 9. The van der Waals surface area contributed by atoms with Crippen LogP contribution < -0.4 is 32.7 Å². The van der Waals surface area contributed by atoms with Gasteiger partial charge in [0, 0.05) is 33.2 Å². The number of imide groups is 1. The molecule has 7 N–H and O–H groups in total. The van der Waals surface area contributed by atoms with Gasteiger partial charge in [-0.25, -0.2) is 4.79 Å². The van der Waals surface area contributed by atoms with Crippen LogP contribution in [0.25, 0.3) is 11.0 Å². The molecule has 61 heavy (non-hydrogen) atoms. The largest absolute Gasteiger partial charge is 0.481 e. The summed E-state index contributed by atoms with van der Waals surface area (Å²) in [6.45, 7) is 3.25. The van der Waals surface area contributed by atoms with Gasteiger partial charge >= 0.3 is 5.69 Å². The van der Waals surface area contributed by atoms with E-state index in [0.717, 1.165) is 66.1 Å². The number of aliphatic carboxylic acids is 1. The lowest BCUT2D eigenvalue weighted by atomic mass is 10.0. The fourth-order valence-corrected chi connectivity index (χ4v) is 8.46. The number of rotatable bonds is 15. The van der Waals surface area contributed by atoms with Gasteiger partial charge in [-0.1, -0.05) is 48.5 Å². The molecular formula is C45H55N7O9. The molecule has 5 atom stereocenters. The van der Waals surface area contributed by atoms with Gasteiger partial charge in [0.25, 0.3) is 5.97 Å². The zero-order valence-electron chi connectivity index (χ0n) is 34.9. The van der Waals surface area contributed by atoms with E-state index in [1.54, 1.807) is 16.5 Å². The van der Waals surface area contributed by atoms with Crippen molar-refractivity contribution >= 4 is 52.2 Å². The summed E-state index contributed by atoms with van der Waals surface area (Å²) in [6.07, 6.45) is 5.62. The summed E-state index contributed by atoms with van der Waals surface area (Å²) in [5.74, 6) is -2.64. The van der Waals surface area contributed by atoms with Crippen molar-refractivity contribution in [2.75, 3.05) is 4.90 Å². The second kappa shape index (κ2) is 19.5. The Morgan fingerprint density at radius 1 is 0.918 bits per heavy atom. The number of piperidine rings is 1. The molecule has 0 radical (unpaired) electrons. The number of ether oxygens (including phenoxy) is 1. The molecule has 3 aliphatic rings. The average molecular weight is 838 g/mol. The van der Waals surface area contributed by atoms with Gasteiger partial charge in [0.05, 0.1) is 41.5 Å². The molecule has 0 spiro atoms. The lowest BCUT2D eigenvalue weighted by Gasteiger charge is -2.30. The number of para-hydroxylation sites is 1. The van der Waals surface area contributed by atoms with Gasteiger partial charge in [-0.05, 0) is 98.2 Å². The highest BCUT2D eigenvalue weighted by Gasteiger charge is 2.43. The molecule has 1 fully saturated rings. The number of amides is 5. The number of nitrogens with one attached hydrogen (secondary N) is 2. The molecule has 5 amide bonds. The van der Waals surface area contributed by atoms with Crippen molar-refractivity contribution in [3.8, 4) is 0 Å². The molecule has 0 bridgehead atoms. The van der Waals surface area contributed by atoms with Crippen molar-refractivity contribution in [1.82, 2.24) is 19.8 Å². The maximum Gasteiger partial charge on any atom is 0.329 e. The second-order valence-corrected chi connectivity index (χ2v) is 16.2. The number of benzene rings is 3. The van der Waals surface area contributed by atoms with E-state index in [9.17, 15) is 28.8 Å². The highest BCUT2D eigenvalue weighted by Crippen LogP contribution is 2.39. The Morgan fingerprint density at radius 3 is 2.26 bits per heavy atom. The number of nitrogens with zero attached hydrogens (tertiary/aromatic N) is 3. The third-order valence-electron chi connectivity index (χ3n) is 11.7. The first kappa shape index (κ1) is 44.4. The van der Waals surface area contributed by atoms with Crippen LogP contribution in [0.5, 0.6) is 0 Å². The standard InChI is InChI=1S/C43H51N7O7.C2H4O2/c1-25(32(17-20-37(45)51)46-41(54)36-23-30-9-5-8-29-15-16-31(44)42(55)50(36)39(29)30)57-24-28-12-10-26(11-13-28)6-3-4-7-27-14-18-33-35(22-27)48(2)43(56)49(33)34-19-21-38(52)47-40(34)53;1-2(3)4/h5,8-14,18,22,25,31-32,34,36H,3-4,6-7,15-17,19-21,23-24,44H2,1-2H3,(H2,45,51)(H,46,54)(H,47,52,53);1H3,(H,3,4)/t25-,31+,32+,34?,36+;/m1./s1. The van der Waals surface area contributed by atoms with Crippen molar-refractivity contribution in [2.24, 2.45) is 18.5 Å². The summed E-state index contributed by atoms with van der Waals surface area (Å²) in [6, 6.07) is 17.4. The monoisotopic (exact) mass is 837 g/mol. The zero-order chi connectivity index (χ0) is 44.0. The van der Waals surface area contributed by atoms with Crippen LogP contribution in [0, 0.1) is 0 Å². The summed E-state index contributed by atoms with van der Waals surface area (Å²) in [4.78, 5) is 86.8. The molecule has 0 aliphatic carbocycles. The fraction of sp³-hybridized carbons (Fsp3) is 0.444. The summed E-state index contributed by atoms with van der Waals surface area (Å²) in [5.41, 5.74) is 18.9. The Bertz CT molecular complexity index is 2370. The van der Waals surface area contributed by atoms with E-state index in [1.807, 2.05) is 55.5 Å². The number of unbranched alkanes of at least 4 members (excludes halogenated alkanes) is 1. The Balaban J connectivity index is 0.00000149. The zero-order valence-corrected chi connectivity index (χ0v) is 34.9. The van der Waals surface area contributed by atoms with E-state index >= 15 is 0 Å². The van der Waals surface area contributed by atoms with Crippen LogP contribution in [0.2, 0.25) is 0 Å². The van der Waals surface area contributed by atoms with Crippen LogP contribution in [0.4, 0.5) is 5.69 Å². The van der Waals surface area contributed by atoms with Crippen LogP contribution in [0.1, 0.15) is 92.7 Å². The predicted octanol–water partition coefficient (Wildman–Crippen LogP) is 2.86. The molecule has 1 aromatic heterocycles. The number of aromatic nitrogens is 2. The number of hydrogen-bond donors (Lipinski definition) is 5.